The number of nitrogens with one attached hydrogen (secondary N) is 2. The molecule has 1 aliphatic heterocycles. The zero-order chi connectivity index (χ0) is 40.8. The number of carboxylic acids is 1. The highest BCUT2D eigenvalue weighted by molar-refractivity contribution is 8.24. The number of carboxylic acid groups (broad SMARTS) is 1. The summed E-state index contributed by atoms with van der Waals surface area (Å²) in [5, 5.41) is 14.6. The molecule has 1 saturated heterocycles. The van der Waals surface area contributed by atoms with Crippen LogP contribution in [-0.2, 0) is 4.79 Å². The lowest BCUT2D eigenvalue weighted by molar-refractivity contribution is -0.221. The van der Waals surface area contributed by atoms with Crippen LogP contribution in [0.4, 0.5) is 0 Å². The average Bonchev–Trinajstić information content (AvgIpc) is 3.75. The maximum absolute atomic E-state index is 12.7. The molecule has 8 rings (SSSR count). The van der Waals surface area contributed by atoms with Crippen LogP contribution in [0.3, 0.4) is 0 Å². The minimum absolute atomic E-state index is 0.0171. The summed E-state index contributed by atoms with van der Waals surface area (Å²) in [5.74, 6) is 3.18. The highest BCUT2D eigenvalue weighted by atomic mass is 32.3. The third kappa shape index (κ3) is 6.77. The quantitative estimate of drug-likeness (QED) is 0.146. The number of rotatable bonds is 10. The third-order valence-corrected chi connectivity index (χ3v) is 20.5. The van der Waals surface area contributed by atoms with Crippen molar-refractivity contribution < 1.29 is 23.7 Å². The van der Waals surface area contributed by atoms with Crippen molar-refractivity contribution in [3.05, 3.63) is 45.1 Å². The fourth-order valence-corrected chi connectivity index (χ4v) is 16.8. The Morgan fingerprint density at radius 2 is 1.75 bits per heavy atom. The number of H-pyrrole nitrogens is 1. The Kier molecular flexibility index (Phi) is 10.7. The molecule has 318 valence electrons. The lowest BCUT2D eigenvalue weighted by Gasteiger charge is -2.72. The normalized spacial score (nSPS) is 43.0. The second kappa shape index (κ2) is 14.6. The molecule has 0 aromatic carbocycles. The van der Waals surface area contributed by atoms with Crippen molar-refractivity contribution in [2.24, 2.45) is 56.7 Å². The Morgan fingerprint density at radius 1 is 1.00 bits per heavy atom. The molecular weight excluding hydrogens is 757 g/mol. The van der Waals surface area contributed by atoms with Crippen molar-refractivity contribution in [1.82, 2.24) is 19.6 Å². The molecule has 5 fully saturated rings. The predicted molar refractivity (Wildman–Crippen MR) is 230 cm³/mol. The molecule has 5 N–H and O–H groups in total. The van der Waals surface area contributed by atoms with Gasteiger partial charge < -0.3 is 15.2 Å². The first-order valence-electron chi connectivity index (χ1n) is 22.0. The summed E-state index contributed by atoms with van der Waals surface area (Å²) in [7, 11) is -2.38. The molecule has 0 radical (unpaired) electrons. The van der Waals surface area contributed by atoms with Crippen LogP contribution in [0.15, 0.2) is 40.2 Å². The number of aromatic amines is 1. The van der Waals surface area contributed by atoms with Gasteiger partial charge in [0.05, 0.1) is 11.5 Å². The van der Waals surface area contributed by atoms with Gasteiger partial charge in [-0.25, -0.2) is 0 Å². The molecule has 4 saturated carbocycles. The molecule has 1 unspecified atom stereocenters. The second-order valence-corrected chi connectivity index (χ2v) is 24.2. The molecule has 2 heterocycles. The maximum Gasteiger partial charge on any atom is 0.326 e. The zero-order valence-electron chi connectivity index (χ0n) is 35.5. The van der Waals surface area contributed by atoms with Crippen LogP contribution in [0.1, 0.15) is 119 Å². The van der Waals surface area contributed by atoms with E-state index in [9.17, 15) is 23.8 Å². The van der Waals surface area contributed by atoms with Crippen LogP contribution < -0.4 is 14.9 Å². The number of carbonyl (C=O) groups is 1. The summed E-state index contributed by atoms with van der Waals surface area (Å²) in [4.78, 5) is 28.9. The number of aromatic nitrogens is 2. The summed E-state index contributed by atoms with van der Waals surface area (Å²) in [5.41, 5.74) is 3.89. The molecule has 57 heavy (non-hydrogen) atoms. The summed E-state index contributed by atoms with van der Waals surface area (Å²) in [6.45, 7) is 23.4. The maximum atomic E-state index is 12.7. The molecule has 1 aromatic heterocycles. The van der Waals surface area contributed by atoms with Crippen LogP contribution >= 0.6 is 22.1 Å². The largest absolute Gasteiger partial charge is 0.481 e. The van der Waals surface area contributed by atoms with Gasteiger partial charge in [-0.2, -0.15) is 10.6 Å². The van der Waals surface area contributed by atoms with Crippen LogP contribution in [0.25, 0.3) is 0 Å². The summed E-state index contributed by atoms with van der Waals surface area (Å²) in [6.07, 6.45) is 17.4. The van der Waals surface area contributed by atoms with Gasteiger partial charge in [-0.15, -0.1) is 4.37 Å². The highest BCUT2D eigenvalue weighted by Gasteiger charge is 2.70. The first-order chi connectivity index (χ1) is 26.8. The molecule has 12 heteroatoms. The van der Waals surface area contributed by atoms with E-state index < -0.39 is 22.0 Å². The smallest absolute Gasteiger partial charge is 0.326 e. The van der Waals surface area contributed by atoms with Crippen molar-refractivity contribution in [2.75, 3.05) is 44.3 Å². The number of allylic oxidation sites excluding steroid dienone is 5. The minimum Gasteiger partial charge on any atom is -0.481 e. The van der Waals surface area contributed by atoms with E-state index in [1.54, 1.807) is 0 Å². The van der Waals surface area contributed by atoms with Gasteiger partial charge in [0, 0.05) is 43.3 Å². The van der Waals surface area contributed by atoms with Crippen LogP contribution in [0.5, 0.6) is 6.01 Å². The molecule has 0 spiro atoms. The van der Waals surface area contributed by atoms with Gasteiger partial charge in [-0.3, -0.25) is 28.6 Å². The van der Waals surface area contributed by atoms with Gasteiger partial charge in [-0.1, -0.05) is 58.9 Å². The fraction of sp³-hybridized carbons (Fsp3) is 0.800. The Morgan fingerprint density at radius 3 is 2.40 bits per heavy atom. The lowest BCUT2D eigenvalue weighted by atomic mass is 9.33. The first-order valence-corrected chi connectivity index (χ1v) is 24.6. The van der Waals surface area contributed by atoms with E-state index in [2.05, 4.69) is 79.8 Å². The lowest BCUT2D eigenvalue weighted by Crippen LogP contribution is -2.68. The van der Waals surface area contributed by atoms with Crippen molar-refractivity contribution in [1.29, 1.82) is 0 Å². The number of hydrogen-bond donors (Lipinski definition) is 5. The Bertz CT molecular complexity index is 1860. The van der Waals surface area contributed by atoms with Crippen molar-refractivity contribution >= 4 is 28.1 Å². The van der Waals surface area contributed by atoms with Gasteiger partial charge in [0.1, 0.15) is 12.0 Å². The third-order valence-electron chi connectivity index (χ3n) is 18.3. The van der Waals surface area contributed by atoms with Gasteiger partial charge in [0.15, 0.2) is 0 Å². The SMILES string of the molecule is C=C(C)[C@@H]1CC[C@]2(NCCN3CCS(O)(O)CC3)CC[C@]3(C)[C@H](CC[C@@H]4[C@@]5(C)CC=C(C6=CCC(COc7nsc(=O)[nH]7)(C(=O)O)CC6)C(C)(C)[C@@H]5CC[C@]43C)[C@@H]12. The fourth-order valence-electron chi connectivity index (χ4n) is 15.1. The predicted octanol–water partition coefficient (Wildman–Crippen LogP) is 8.99. The topological polar surface area (TPSA) is 148 Å². The highest BCUT2D eigenvalue weighted by Crippen LogP contribution is 2.76. The van der Waals surface area contributed by atoms with Crippen LogP contribution in [0, 0.1) is 56.7 Å². The van der Waals surface area contributed by atoms with Gasteiger partial charge in [0.2, 0.25) is 0 Å². The number of hydrogen-bond acceptors (Lipinski definition) is 9. The summed E-state index contributed by atoms with van der Waals surface area (Å²) < 4.78 is 30.0. The van der Waals surface area contributed by atoms with Crippen molar-refractivity contribution in [3.63, 3.8) is 0 Å². The molecule has 10 atom stereocenters. The van der Waals surface area contributed by atoms with Gasteiger partial charge in [0.25, 0.3) is 0 Å². The Hall–Kier alpha value is -1.96. The molecule has 6 aliphatic carbocycles. The Balaban J connectivity index is 1.01. The monoisotopic (exact) mass is 826 g/mol. The molecule has 0 amide bonds. The Labute approximate surface area is 346 Å². The molecule has 10 nitrogen and oxygen atoms in total. The zero-order valence-corrected chi connectivity index (χ0v) is 37.1. The standard InChI is InChI=1S/C45H70N4O6S2/c1-29(2)31-12-19-45(46-22-23-49-24-26-57(53,54)27-25-49)21-20-42(6)33(36(31)45)8-9-35-41(5)15-13-32(40(3,4)34(41)14-16-43(35,42)7)30-10-17-44(18-11-30,37(50)51)28-55-38-47-39(52)56-48-38/h10,13,31,33-36,46,53-54H,1,8-9,11-12,14-28H2,2-7H3,(H,50,51)(H,47,48,52)/t31-,33+,34-,35+,36+,41-,42+,43+,44?,45-/m0/s1. The molecule has 0 bridgehead atoms. The van der Waals surface area contributed by atoms with Gasteiger partial charge >= 0.3 is 16.9 Å². The number of ether oxygens (including phenoxy) is 1. The summed E-state index contributed by atoms with van der Waals surface area (Å²) in [6, 6.07) is 0.0976. The van der Waals surface area contributed by atoms with Crippen LogP contribution in [-0.4, -0.2) is 84.3 Å². The number of fused-ring (bicyclic) bond motifs is 7. The van der Waals surface area contributed by atoms with Crippen molar-refractivity contribution in [2.45, 2.75) is 124 Å². The van der Waals surface area contributed by atoms with Crippen molar-refractivity contribution in [3.8, 4) is 6.01 Å². The first kappa shape index (κ1) is 41.8. The van der Waals surface area contributed by atoms with E-state index in [0.29, 0.717) is 60.4 Å². The summed E-state index contributed by atoms with van der Waals surface area (Å²) >= 11 is 0.778. The molecule has 7 aliphatic rings. The molecular formula is C45H70N4O6S2. The number of nitrogens with zero attached hydrogens (tertiary/aromatic N) is 2. The average molecular weight is 827 g/mol. The van der Waals surface area contributed by atoms with E-state index in [4.69, 9.17) is 4.74 Å². The van der Waals surface area contributed by atoms with E-state index in [1.165, 1.54) is 68.1 Å². The van der Waals surface area contributed by atoms with E-state index in [1.807, 2.05) is 0 Å². The van der Waals surface area contributed by atoms with Gasteiger partial charge in [-0.05, 0) is 146 Å². The minimum atomic E-state index is -2.38. The number of aliphatic carboxylic acids is 1. The second-order valence-electron chi connectivity index (χ2n) is 21.1. The van der Waals surface area contributed by atoms with E-state index in [0.717, 1.165) is 44.1 Å². The van der Waals surface area contributed by atoms with E-state index in [-0.39, 0.29) is 44.7 Å². The van der Waals surface area contributed by atoms with E-state index >= 15 is 0 Å². The molecule has 1 aromatic rings. The van der Waals surface area contributed by atoms with Crippen LogP contribution in [0.2, 0.25) is 0 Å².